The van der Waals surface area contributed by atoms with E-state index in [1.807, 2.05) is 13.8 Å². The first kappa shape index (κ1) is 19.4. The molecule has 0 saturated carbocycles. The van der Waals surface area contributed by atoms with Gasteiger partial charge in [-0.1, -0.05) is 26.0 Å². The van der Waals surface area contributed by atoms with Crippen LogP contribution in [0.1, 0.15) is 47.4 Å². The zero-order valence-electron chi connectivity index (χ0n) is 14.5. The molecule has 0 aliphatic carbocycles. The van der Waals surface area contributed by atoms with Gasteiger partial charge in [0.25, 0.3) is 11.8 Å². The number of carbonyl (C=O) groups excluding carboxylic acids is 3. The maximum atomic E-state index is 12.7. The molecular weight excluding hydrogens is 342 g/mol. The predicted molar refractivity (Wildman–Crippen MR) is 96.9 cm³/mol. The molecule has 2 atom stereocenters. The van der Waals surface area contributed by atoms with E-state index in [1.54, 1.807) is 24.3 Å². The predicted octanol–water partition coefficient (Wildman–Crippen LogP) is 1.60. The lowest BCUT2D eigenvalue weighted by molar-refractivity contribution is -0.126. The van der Waals surface area contributed by atoms with E-state index in [-0.39, 0.29) is 42.1 Å². The number of hydrogen-bond donors (Lipinski definition) is 2. The second-order valence-corrected chi connectivity index (χ2v) is 6.75. The number of carbonyl (C=O) groups is 3. The molecule has 1 aromatic carbocycles. The molecule has 3 amide bonds. The number of nitrogens with one attached hydrogen (secondary N) is 2. The van der Waals surface area contributed by atoms with Crippen LogP contribution in [0.2, 0.25) is 0 Å². The molecule has 1 saturated heterocycles. The molecule has 2 heterocycles. The third-order valence-corrected chi connectivity index (χ3v) is 4.69. The highest BCUT2D eigenvalue weighted by atomic mass is 35.5. The Balaban J connectivity index is 0.00000225. The Labute approximate surface area is 153 Å². The van der Waals surface area contributed by atoms with E-state index in [9.17, 15) is 14.4 Å². The van der Waals surface area contributed by atoms with Crippen molar-refractivity contribution >= 4 is 30.1 Å². The average molecular weight is 366 g/mol. The van der Waals surface area contributed by atoms with Gasteiger partial charge in [0.15, 0.2) is 0 Å². The summed E-state index contributed by atoms with van der Waals surface area (Å²) < 4.78 is 0. The summed E-state index contributed by atoms with van der Waals surface area (Å²) in [5.41, 5.74) is 0.747. The van der Waals surface area contributed by atoms with Crippen molar-refractivity contribution in [1.29, 1.82) is 0 Å². The van der Waals surface area contributed by atoms with Crippen LogP contribution in [0.5, 0.6) is 0 Å². The fraction of sp³-hybridized carbons (Fsp3) is 0.500. The molecule has 136 valence electrons. The second-order valence-electron chi connectivity index (χ2n) is 6.75. The Morgan fingerprint density at radius 2 is 1.84 bits per heavy atom. The molecule has 1 aromatic rings. The molecule has 0 spiro atoms. The van der Waals surface area contributed by atoms with Crippen molar-refractivity contribution in [2.45, 2.75) is 38.8 Å². The Morgan fingerprint density at radius 3 is 2.32 bits per heavy atom. The standard InChI is InChI=1S/C18H23N3O3.ClH/c1-11(2)15(16(22)20-10-12-6-5-9-19-12)21-17(23)13-7-3-4-8-14(13)18(21)24;/h3-4,7-8,11-12,15,19H,5-6,9-10H2,1-2H3,(H,20,22);1H. The Bertz CT molecular complexity index is 636. The van der Waals surface area contributed by atoms with Gasteiger partial charge >= 0.3 is 0 Å². The summed E-state index contributed by atoms with van der Waals surface area (Å²) in [7, 11) is 0. The molecule has 6 nitrogen and oxygen atoms in total. The number of fused-ring (bicyclic) bond motifs is 1. The fourth-order valence-electron chi connectivity index (χ4n) is 3.44. The summed E-state index contributed by atoms with van der Waals surface area (Å²) in [5, 5.41) is 6.22. The molecule has 7 heteroatoms. The minimum atomic E-state index is -0.793. The van der Waals surface area contributed by atoms with Crippen molar-refractivity contribution < 1.29 is 14.4 Å². The molecule has 2 N–H and O–H groups in total. The Morgan fingerprint density at radius 1 is 1.24 bits per heavy atom. The van der Waals surface area contributed by atoms with Crippen molar-refractivity contribution in [3.05, 3.63) is 35.4 Å². The normalized spacial score (nSPS) is 20.4. The minimum absolute atomic E-state index is 0. The summed E-state index contributed by atoms with van der Waals surface area (Å²) >= 11 is 0. The van der Waals surface area contributed by atoms with E-state index in [4.69, 9.17) is 0 Å². The second kappa shape index (κ2) is 7.97. The van der Waals surface area contributed by atoms with Gasteiger partial charge in [0, 0.05) is 12.6 Å². The molecule has 2 unspecified atom stereocenters. The molecule has 3 rings (SSSR count). The van der Waals surface area contributed by atoms with E-state index in [2.05, 4.69) is 10.6 Å². The summed E-state index contributed by atoms with van der Waals surface area (Å²) in [6.45, 7) is 5.18. The van der Waals surface area contributed by atoms with E-state index < -0.39 is 6.04 Å². The van der Waals surface area contributed by atoms with Crippen LogP contribution in [0.25, 0.3) is 0 Å². The van der Waals surface area contributed by atoms with Crippen LogP contribution in [0.4, 0.5) is 0 Å². The van der Waals surface area contributed by atoms with Gasteiger partial charge in [0.05, 0.1) is 11.1 Å². The molecule has 25 heavy (non-hydrogen) atoms. The molecule has 0 radical (unpaired) electrons. The van der Waals surface area contributed by atoms with Crippen molar-refractivity contribution in [2.75, 3.05) is 13.1 Å². The lowest BCUT2D eigenvalue weighted by Crippen LogP contribution is -2.53. The van der Waals surface area contributed by atoms with E-state index >= 15 is 0 Å². The number of imide groups is 1. The highest BCUT2D eigenvalue weighted by Gasteiger charge is 2.43. The van der Waals surface area contributed by atoms with Gasteiger partial charge in [-0.05, 0) is 37.4 Å². The topological polar surface area (TPSA) is 78.5 Å². The first-order chi connectivity index (χ1) is 11.5. The van der Waals surface area contributed by atoms with Gasteiger partial charge in [0.2, 0.25) is 5.91 Å². The van der Waals surface area contributed by atoms with Crippen molar-refractivity contribution in [3.63, 3.8) is 0 Å². The number of rotatable bonds is 5. The SMILES string of the molecule is CC(C)C(C(=O)NCC1CCCN1)N1C(=O)c2ccccc2C1=O.Cl. The van der Waals surface area contributed by atoms with Gasteiger partial charge in [-0.25, -0.2) is 0 Å². The van der Waals surface area contributed by atoms with Crippen LogP contribution in [-0.4, -0.2) is 47.8 Å². The first-order valence-corrected chi connectivity index (χ1v) is 8.48. The molecule has 2 aliphatic heterocycles. The number of amides is 3. The van der Waals surface area contributed by atoms with Gasteiger partial charge in [-0.3, -0.25) is 19.3 Å². The number of nitrogens with zero attached hydrogens (tertiary/aromatic N) is 1. The van der Waals surface area contributed by atoms with Crippen molar-refractivity contribution in [2.24, 2.45) is 5.92 Å². The van der Waals surface area contributed by atoms with Crippen LogP contribution in [0.15, 0.2) is 24.3 Å². The number of benzene rings is 1. The summed E-state index contributed by atoms with van der Waals surface area (Å²) in [5.74, 6) is -1.20. The van der Waals surface area contributed by atoms with Crippen LogP contribution in [-0.2, 0) is 4.79 Å². The monoisotopic (exact) mass is 365 g/mol. The zero-order chi connectivity index (χ0) is 17.3. The van der Waals surface area contributed by atoms with Gasteiger partial charge < -0.3 is 10.6 Å². The number of hydrogen-bond acceptors (Lipinski definition) is 4. The molecular formula is C18H24ClN3O3. The maximum Gasteiger partial charge on any atom is 0.262 e. The van der Waals surface area contributed by atoms with Crippen LogP contribution in [0.3, 0.4) is 0 Å². The zero-order valence-corrected chi connectivity index (χ0v) is 15.3. The highest BCUT2D eigenvalue weighted by Crippen LogP contribution is 2.27. The van der Waals surface area contributed by atoms with E-state index in [0.717, 1.165) is 24.3 Å². The van der Waals surface area contributed by atoms with Gasteiger partial charge in [-0.2, -0.15) is 0 Å². The largest absolute Gasteiger partial charge is 0.353 e. The molecule has 0 aromatic heterocycles. The lowest BCUT2D eigenvalue weighted by atomic mass is 10.0. The minimum Gasteiger partial charge on any atom is -0.353 e. The maximum absolute atomic E-state index is 12.7. The van der Waals surface area contributed by atoms with Crippen molar-refractivity contribution in [3.8, 4) is 0 Å². The summed E-state index contributed by atoms with van der Waals surface area (Å²) in [6.07, 6.45) is 2.13. The van der Waals surface area contributed by atoms with Crippen LogP contribution < -0.4 is 10.6 Å². The molecule has 2 aliphatic rings. The summed E-state index contributed by atoms with van der Waals surface area (Å²) in [4.78, 5) is 39.1. The summed E-state index contributed by atoms with van der Waals surface area (Å²) in [6, 6.07) is 6.19. The lowest BCUT2D eigenvalue weighted by Gasteiger charge is -2.28. The quantitative estimate of drug-likeness (QED) is 0.777. The first-order valence-electron chi connectivity index (χ1n) is 8.48. The van der Waals surface area contributed by atoms with Crippen LogP contribution in [0, 0.1) is 5.92 Å². The Hall–Kier alpha value is -1.92. The van der Waals surface area contributed by atoms with Crippen molar-refractivity contribution in [1.82, 2.24) is 15.5 Å². The average Bonchev–Trinajstić information content (AvgIpc) is 3.16. The van der Waals surface area contributed by atoms with Gasteiger partial charge in [0.1, 0.15) is 6.04 Å². The highest BCUT2D eigenvalue weighted by molar-refractivity contribution is 6.22. The van der Waals surface area contributed by atoms with Gasteiger partial charge in [-0.15, -0.1) is 12.4 Å². The smallest absolute Gasteiger partial charge is 0.262 e. The molecule has 0 bridgehead atoms. The number of halogens is 1. The third kappa shape index (κ3) is 3.70. The van der Waals surface area contributed by atoms with E-state index in [0.29, 0.717) is 17.7 Å². The molecule has 1 fully saturated rings. The van der Waals surface area contributed by atoms with Crippen LogP contribution >= 0.6 is 12.4 Å². The third-order valence-electron chi connectivity index (χ3n) is 4.69. The Kier molecular flexibility index (Phi) is 6.19. The van der Waals surface area contributed by atoms with E-state index in [1.165, 1.54) is 0 Å². The fourth-order valence-corrected chi connectivity index (χ4v) is 3.44.